The van der Waals surface area contributed by atoms with Gasteiger partial charge in [0.15, 0.2) is 0 Å². The molecule has 4 heterocycles. The summed E-state index contributed by atoms with van der Waals surface area (Å²) >= 11 is 8.07. The zero-order valence-corrected chi connectivity index (χ0v) is 25.0. The number of carbonyl (C=O) groups excluding carboxylic acids is 1. The van der Waals surface area contributed by atoms with Crippen molar-refractivity contribution in [1.82, 2.24) is 24.3 Å². The maximum absolute atomic E-state index is 13.6. The molecule has 13 heteroatoms. The summed E-state index contributed by atoms with van der Waals surface area (Å²) in [6.45, 7) is 6.83. The summed E-state index contributed by atoms with van der Waals surface area (Å²) in [6, 6.07) is 7.41. The van der Waals surface area contributed by atoms with E-state index in [2.05, 4.69) is 15.3 Å². The number of fused-ring (bicyclic) bond motifs is 2. The number of carbonyl (C=O) groups is 1. The van der Waals surface area contributed by atoms with Crippen molar-refractivity contribution in [2.45, 2.75) is 63.6 Å². The van der Waals surface area contributed by atoms with Gasteiger partial charge in [-0.15, -0.1) is 16.4 Å². The molecular formula is C27H30ClN5O5S2. The molecule has 0 saturated heterocycles. The summed E-state index contributed by atoms with van der Waals surface area (Å²) in [5.74, 6) is -0.433. The first-order valence-corrected chi connectivity index (χ1v) is 15.6. The Hall–Kier alpha value is -3.06. The SMILES string of the molecule is CC[C@@H]1CN(Cc2cc([C@H](CC(=O)OC)c3ccc4c(nnn4CC)c3C)sc2Cl)S(=O)(=O)c2cnccc2O1. The largest absolute Gasteiger partial charge is 0.488 e. The van der Waals surface area contributed by atoms with Crippen LogP contribution in [-0.2, 0) is 32.6 Å². The highest BCUT2D eigenvalue weighted by Gasteiger charge is 2.35. The van der Waals surface area contributed by atoms with Crippen molar-refractivity contribution < 1.29 is 22.7 Å². The molecule has 0 fully saturated rings. The summed E-state index contributed by atoms with van der Waals surface area (Å²) in [5.41, 5.74) is 4.16. The number of hydrogen-bond donors (Lipinski definition) is 0. The first-order valence-electron chi connectivity index (χ1n) is 13.0. The van der Waals surface area contributed by atoms with E-state index in [0.717, 1.165) is 27.0 Å². The van der Waals surface area contributed by atoms with Crippen molar-refractivity contribution in [2.24, 2.45) is 0 Å². The van der Waals surface area contributed by atoms with E-state index in [1.165, 1.54) is 35.1 Å². The van der Waals surface area contributed by atoms with Crippen LogP contribution in [0.5, 0.6) is 5.75 Å². The fourth-order valence-corrected chi connectivity index (χ4v) is 7.92. The van der Waals surface area contributed by atoms with E-state index >= 15 is 0 Å². The van der Waals surface area contributed by atoms with Crippen LogP contribution >= 0.6 is 22.9 Å². The highest BCUT2D eigenvalue weighted by atomic mass is 35.5. The zero-order chi connectivity index (χ0) is 28.6. The number of aromatic nitrogens is 4. The molecule has 0 radical (unpaired) electrons. The molecule has 4 aromatic rings. The predicted octanol–water partition coefficient (Wildman–Crippen LogP) is 4.93. The molecule has 0 bridgehead atoms. The number of ether oxygens (including phenoxy) is 2. The molecule has 0 saturated carbocycles. The number of benzene rings is 1. The number of halogens is 1. The second-order valence-corrected chi connectivity index (χ2v) is 13.2. The Kier molecular flexibility index (Phi) is 8.14. The number of pyridine rings is 1. The predicted molar refractivity (Wildman–Crippen MR) is 152 cm³/mol. The second-order valence-electron chi connectivity index (χ2n) is 9.60. The van der Waals surface area contributed by atoms with Gasteiger partial charge in [0.25, 0.3) is 0 Å². The molecule has 40 heavy (non-hydrogen) atoms. The summed E-state index contributed by atoms with van der Waals surface area (Å²) in [5, 5.41) is 8.61. The lowest BCUT2D eigenvalue weighted by atomic mass is 9.89. The molecule has 212 valence electrons. The van der Waals surface area contributed by atoms with Gasteiger partial charge >= 0.3 is 5.97 Å². The minimum absolute atomic E-state index is 0.0325. The van der Waals surface area contributed by atoms with Crippen LogP contribution in [0, 0.1) is 6.92 Å². The standard InChI is InChI=1S/C27H30ClN5O5S2/c1-5-18-15-32(40(35,36)24-13-29-10-9-22(24)38-18)14-17-11-23(39-27(17)28)20(12-25(34)37-4)19-7-8-21-26(16(19)3)30-31-33(21)6-2/h7-11,13,18,20H,5-6,12,14-15H2,1-4H3/t18-,20-/m1/s1. The van der Waals surface area contributed by atoms with Gasteiger partial charge in [0.2, 0.25) is 10.0 Å². The van der Waals surface area contributed by atoms with E-state index in [1.54, 1.807) is 6.07 Å². The number of aryl methyl sites for hydroxylation is 2. The van der Waals surface area contributed by atoms with E-state index in [-0.39, 0.29) is 42.4 Å². The van der Waals surface area contributed by atoms with Crippen LogP contribution in [-0.4, -0.2) is 58.4 Å². The smallest absolute Gasteiger partial charge is 0.306 e. The molecule has 1 aromatic carbocycles. The molecule has 3 aromatic heterocycles. The number of hydrogen-bond acceptors (Lipinski definition) is 9. The number of nitrogens with zero attached hydrogens (tertiary/aromatic N) is 5. The summed E-state index contributed by atoms with van der Waals surface area (Å²) in [6.07, 6.45) is 3.22. The Bertz CT molecular complexity index is 1670. The van der Waals surface area contributed by atoms with Crippen molar-refractivity contribution in [1.29, 1.82) is 0 Å². The van der Waals surface area contributed by atoms with Crippen LogP contribution in [0.4, 0.5) is 0 Å². The second kappa shape index (κ2) is 11.4. The maximum Gasteiger partial charge on any atom is 0.306 e. The molecule has 0 N–H and O–H groups in total. The van der Waals surface area contributed by atoms with Gasteiger partial charge in [-0.2, -0.15) is 4.31 Å². The number of esters is 1. The molecule has 5 rings (SSSR count). The Labute approximate surface area is 241 Å². The Morgan fingerprint density at radius 2 is 2.10 bits per heavy atom. The van der Waals surface area contributed by atoms with E-state index in [1.807, 2.05) is 43.7 Å². The molecule has 1 aliphatic rings. The number of rotatable bonds is 8. The van der Waals surface area contributed by atoms with Gasteiger partial charge in [-0.25, -0.2) is 13.1 Å². The molecule has 0 aliphatic carbocycles. The number of sulfonamides is 1. The van der Waals surface area contributed by atoms with E-state index in [0.29, 0.717) is 28.6 Å². The molecule has 0 amide bonds. The summed E-state index contributed by atoms with van der Waals surface area (Å²) in [4.78, 5) is 17.4. The molecule has 2 atom stereocenters. The fourth-order valence-electron chi connectivity index (χ4n) is 5.01. The maximum atomic E-state index is 13.6. The molecular weight excluding hydrogens is 574 g/mol. The number of methoxy groups -OCH3 is 1. The van der Waals surface area contributed by atoms with E-state index in [9.17, 15) is 13.2 Å². The van der Waals surface area contributed by atoms with Crippen LogP contribution in [0.3, 0.4) is 0 Å². The normalized spacial score (nSPS) is 17.7. The Balaban J connectivity index is 1.53. The third kappa shape index (κ3) is 5.20. The van der Waals surface area contributed by atoms with Crippen molar-refractivity contribution >= 4 is 50.0 Å². The Morgan fingerprint density at radius 1 is 1.30 bits per heavy atom. The van der Waals surface area contributed by atoms with Gasteiger partial charge in [-0.3, -0.25) is 9.78 Å². The lowest BCUT2D eigenvalue weighted by Gasteiger charge is -2.22. The average Bonchev–Trinajstić information content (AvgIpc) is 3.51. The van der Waals surface area contributed by atoms with Crippen LogP contribution in [0.2, 0.25) is 4.34 Å². The van der Waals surface area contributed by atoms with Crippen LogP contribution in [0.15, 0.2) is 41.6 Å². The van der Waals surface area contributed by atoms with E-state index < -0.39 is 10.0 Å². The molecule has 0 unspecified atom stereocenters. The Morgan fingerprint density at radius 3 is 2.83 bits per heavy atom. The third-order valence-corrected chi connectivity index (χ3v) is 10.6. The topological polar surface area (TPSA) is 117 Å². The minimum Gasteiger partial charge on any atom is -0.488 e. The van der Waals surface area contributed by atoms with Crippen LogP contribution in [0.1, 0.15) is 54.2 Å². The zero-order valence-electron chi connectivity index (χ0n) is 22.6. The summed E-state index contributed by atoms with van der Waals surface area (Å²) in [7, 11) is -2.54. The van der Waals surface area contributed by atoms with Gasteiger partial charge < -0.3 is 9.47 Å². The minimum atomic E-state index is -3.89. The molecule has 0 spiro atoms. The quantitative estimate of drug-likeness (QED) is 0.260. The first-order chi connectivity index (χ1) is 19.2. The van der Waals surface area contributed by atoms with Gasteiger partial charge in [0.05, 0.1) is 36.1 Å². The average molecular weight is 604 g/mol. The van der Waals surface area contributed by atoms with Gasteiger partial charge in [-0.1, -0.05) is 29.8 Å². The first kappa shape index (κ1) is 28.5. The summed E-state index contributed by atoms with van der Waals surface area (Å²) < 4.78 is 42.0. The van der Waals surface area contributed by atoms with Gasteiger partial charge in [0, 0.05) is 30.1 Å². The highest BCUT2D eigenvalue weighted by molar-refractivity contribution is 7.89. The van der Waals surface area contributed by atoms with Crippen molar-refractivity contribution in [3.8, 4) is 5.75 Å². The lowest BCUT2D eigenvalue weighted by molar-refractivity contribution is -0.140. The van der Waals surface area contributed by atoms with E-state index in [4.69, 9.17) is 21.1 Å². The van der Waals surface area contributed by atoms with Crippen LogP contribution in [0.25, 0.3) is 11.0 Å². The molecule has 1 aliphatic heterocycles. The monoisotopic (exact) mass is 603 g/mol. The highest BCUT2D eigenvalue weighted by Crippen LogP contribution is 2.41. The van der Waals surface area contributed by atoms with Crippen molar-refractivity contribution in [3.63, 3.8) is 0 Å². The molecule has 10 nitrogen and oxygen atoms in total. The van der Waals surface area contributed by atoms with Crippen molar-refractivity contribution in [2.75, 3.05) is 13.7 Å². The van der Waals surface area contributed by atoms with Crippen molar-refractivity contribution in [3.05, 3.63) is 62.6 Å². The lowest BCUT2D eigenvalue weighted by Crippen LogP contribution is -2.36. The van der Waals surface area contributed by atoms with Crippen LogP contribution < -0.4 is 4.74 Å². The van der Waals surface area contributed by atoms with Gasteiger partial charge in [0.1, 0.15) is 22.3 Å². The fraction of sp³-hybridized carbons (Fsp3) is 0.407. The number of thiophene rings is 1. The third-order valence-electron chi connectivity index (χ3n) is 7.24. The van der Waals surface area contributed by atoms with Gasteiger partial charge in [-0.05, 0) is 55.2 Å².